The number of ketones is 2. The Bertz CT molecular complexity index is 964. The van der Waals surface area contributed by atoms with Gasteiger partial charge in [0.15, 0.2) is 5.78 Å². The van der Waals surface area contributed by atoms with Crippen LogP contribution >= 0.6 is 0 Å². The Kier molecular flexibility index (Phi) is 7.04. The summed E-state index contributed by atoms with van der Waals surface area (Å²) in [6, 6.07) is 0. The van der Waals surface area contributed by atoms with Gasteiger partial charge in [-0.15, -0.1) is 0 Å². The van der Waals surface area contributed by atoms with E-state index in [0.29, 0.717) is 38.5 Å². The summed E-state index contributed by atoms with van der Waals surface area (Å²) in [6.45, 7) is 15.0. The summed E-state index contributed by atoms with van der Waals surface area (Å²) in [4.78, 5) is 37.7. The lowest BCUT2D eigenvalue weighted by molar-refractivity contribution is -0.133. The lowest BCUT2D eigenvalue weighted by atomic mass is 9.43. The molecule has 5 nitrogen and oxygen atoms in total. The van der Waals surface area contributed by atoms with E-state index in [-0.39, 0.29) is 52.2 Å². The molecule has 2 fully saturated rings. The highest BCUT2D eigenvalue weighted by Crippen LogP contribution is 2.71. The molecule has 0 bridgehead atoms. The van der Waals surface area contributed by atoms with E-state index in [0.717, 1.165) is 31.1 Å². The molecule has 36 heavy (non-hydrogen) atoms. The van der Waals surface area contributed by atoms with Gasteiger partial charge in [0.1, 0.15) is 12.1 Å². The van der Waals surface area contributed by atoms with Gasteiger partial charge in [-0.25, -0.2) is 0 Å². The van der Waals surface area contributed by atoms with Crippen molar-refractivity contribution in [3.8, 4) is 0 Å². The minimum Gasteiger partial charge on any atom is -0.393 e. The fourth-order valence-corrected chi connectivity index (χ4v) is 9.66. The minimum atomic E-state index is -0.542. The molecule has 0 saturated heterocycles. The molecule has 0 aliphatic heterocycles. The fourth-order valence-electron chi connectivity index (χ4n) is 9.66. The molecular weight excluding hydrogens is 452 g/mol. The molecule has 2 saturated carbocycles. The van der Waals surface area contributed by atoms with Crippen molar-refractivity contribution >= 4 is 17.9 Å². The van der Waals surface area contributed by atoms with Gasteiger partial charge in [-0.1, -0.05) is 54.0 Å². The van der Waals surface area contributed by atoms with Crippen molar-refractivity contribution in [1.29, 1.82) is 0 Å². The molecule has 0 amide bonds. The summed E-state index contributed by atoms with van der Waals surface area (Å²) < 4.78 is 0. The van der Waals surface area contributed by atoms with Crippen molar-refractivity contribution in [3.63, 3.8) is 0 Å². The van der Waals surface area contributed by atoms with Gasteiger partial charge >= 0.3 is 0 Å². The molecule has 0 aromatic carbocycles. The zero-order valence-electron chi connectivity index (χ0n) is 23.5. The van der Waals surface area contributed by atoms with Gasteiger partial charge in [-0.3, -0.25) is 9.59 Å². The van der Waals surface area contributed by atoms with Crippen LogP contribution in [0.5, 0.6) is 0 Å². The van der Waals surface area contributed by atoms with Gasteiger partial charge in [0.2, 0.25) is 0 Å². The Morgan fingerprint density at radius 3 is 2.36 bits per heavy atom. The van der Waals surface area contributed by atoms with E-state index in [4.69, 9.17) is 0 Å². The molecular formula is C31H48O5. The van der Waals surface area contributed by atoms with Crippen LogP contribution < -0.4 is 0 Å². The van der Waals surface area contributed by atoms with Gasteiger partial charge in [0.25, 0.3) is 0 Å². The average molecular weight is 501 g/mol. The number of aliphatic hydroxyl groups is 2. The van der Waals surface area contributed by atoms with Crippen LogP contribution in [0.2, 0.25) is 0 Å². The summed E-state index contributed by atoms with van der Waals surface area (Å²) in [6.07, 6.45) is 5.47. The Morgan fingerprint density at radius 2 is 1.72 bits per heavy atom. The van der Waals surface area contributed by atoms with E-state index < -0.39 is 16.9 Å². The first-order chi connectivity index (χ1) is 16.6. The molecule has 0 unspecified atom stereocenters. The third-order valence-electron chi connectivity index (χ3n) is 11.9. The number of carbonyl (C=O) groups excluding carboxylic acids is 3. The first kappa shape index (κ1) is 27.7. The topological polar surface area (TPSA) is 91.7 Å². The lowest BCUT2D eigenvalue weighted by Gasteiger charge is -2.61. The fraction of sp³-hybridized carbons (Fsp3) is 0.839. The highest BCUT2D eigenvalue weighted by atomic mass is 16.3. The van der Waals surface area contributed by atoms with Crippen LogP contribution in [0.3, 0.4) is 0 Å². The van der Waals surface area contributed by atoms with Crippen molar-refractivity contribution in [2.24, 2.45) is 45.3 Å². The second-order valence-electron chi connectivity index (χ2n) is 14.2. The number of rotatable bonds is 7. The number of allylic oxidation sites excluding steroid dienone is 1. The summed E-state index contributed by atoms with van der Waals surface area (Å²) in [5.41, 5.74) is 0.720. The van der Waals surface area contributed by atoms with E-state index in [1.165, 1.54) is 5.57 Å². The van der Waals surface area contributed by atoms with Crippen LogP contribution in [-0.4, -0.2) is 40.3 Å². The normalized spacial score (nSPS) is 43.3. The first-order valence-corrected chi connectivity index (χ1v) is 14.2. The van der Waals surface area contributed by atoms with Crippen molar-refractivity contribution < 1.29 is 24.6 Å². The summed E-state index contributed by atoms with van der Waals surface area (Å²) in [5.74, 6) is 0.825. The van der Waals surface area contributed by atoms with E-state index in [1.807, 2.05) is 6.92 Å². The molecule has 0 spiro atoms. The smallest absolute Gasteiger partial charge is 0.159 e. The molecule has 4 aliphatic carbocycles. The molecule has 0 radical (unpaired) electrons. The zero-order chi connectivity index (χ0) is 26.8. The molecule has 202 valence electrons. The lowest BCUT2D eigenvalue weighted by Crippen LogP contribution is -2.58. The highest BCUT2D eigenvalue weighted by molar-refractivity contribution is 6.00. The van der Waals surface area contributed by atoms with Crippen LogP contribution in [0.1, 0.15) is 106 Å². The Hall–Kier alpha value is -1.33. The summed E-state index contributed by atoms with van der Waals surface area (Å²) >= 11 is 0. The van der Waals surface area contributed by atoms with Crippen LogP contribution in [0.25, 0.3) is 0 Å². The number of carbonyl (C=O) groups is 3. The van der Waals surface area contributed by atoms with Gasteiger partial charge in [0, 0.05) is 36.7 Å². The van der Waals surface area contributed by atoms with Crippen LogP contribution in [-0.2, 0) is 14.4 Å². The van der Waals surface area contributed by atoms with E-state index in [1.54, 1.807) is 0 Å². The monoisotopic (exact) mass is 500 g/mol. The zero-order valence-corrected chi connectivity index (χ0v) is 23.5. The van der Waals surface area contributed by atoms with Crippen molar-refractivity contribution in [2.45, 2.75) is 118 Å². The van der Waals surface area contributed by atoms with Gasteiger partial charge < -0.3 is 15.0 Å². The summed E-state index contributed by atoms with van der Waals surface area (Å²) in [5, 5.41) is 22.5. The Labute approximate surface area is 217 Å². The standard InChI is InChI=1S/C31H48O5/c1-18(11-13-32)14-20(33)15-19(2)22-16-26(36)31(7)21-8-9-24-28(3,4)25(35)10-12-29(24,5)27(21)23(34)17-30(22,31)6/h13,18-19,22,24-26,35-36H,8-12,14-17H2,1-7H3/t18-,19-,22-,24+,25+,26+,29+,30-,31-/m1/s1. The second kappa shape index (κ2) is 9.15. The van der Waals surface area contributed by atoms with E-state index >= 15 is 0 Å². The largest absolute Gasteiger partial charge is 0.393 e. The maximum absolute atomic E-state index is 14.1. The number of Topliss-reactive ketones (excluding diaryl/α,β-unsaturated/α-hetero) is 2. The van der Waals surface area contributed by atoms with Crippen molar-refractivity contribution in [2.75, 3.05) is 0 Å². The SMILES string of the molecule is C[C@H](CC=O)CC(=O)C[C@@H](C)[C@H]1C[C@H](O)[C@@]2(C)C3=C(C(=O)C[C@]12C)[C@@]1(C)CC[C@H](O)C(C)(C)[C@@H]1CC3. The third-order valence-corrected chi connectivity index (χ3v) is 11.9. The first-order valence-electron chi connectivity index (χ1n) is 14.2. The predicted molar refractivity (Wildman–Crippen MR) is 140 cm³/mol. The number of fused-ring (bicyclic) bond motifs is 4. The minimum absolute atomic E-state index is 0.0513. The average Bonchev–Trinajstić information content (AvgIpc) is 2.97. The quantitative estimate of drug-likeness (QED) is 0.453. The van der Waals surface area contributed by atoms with Crippen LogP contribution in [0.4, 0.5) is 0 Å². The molecule has 5 heteroatoms. The molecule has 4 aliphatic rings. The van der Waals surface area contributed by atoms with Crippen LogP contribution in [0.15, 0.2) is 11.1 Å². The number of hydrogen-bond acceptors (Lipinski definition) is 5. The third kappa shape index (κ3) is 3.82. The van der Waals surface area contributed by atoms with Gasteiger partial charge in [-0.2, -0.15) is 0 Å². The molecule has 9 atom stereocenters. The number of aldehydes is 1. The molecule has 0 aromatic rings. The maximum atomic E-state index is 14.1. The number of aliphatic hydroxyl groups excluding tert-OH is 2. The Balaban J connectivity index is 1.68. The molecule has 4 rings (SSSR count). The molecule has 0 aromatic heterocycles. The summed E-state index contributed by atoms with van der Waals surface area (Å²) in [7, 11) is 0. The number of hydrogen-bond donors (Lipinski definition) is 2. The van der Waals surface area contributed by atoms with E-state index in [2.05, 4.69) is 41.5 Å². The second-order valence-corrected chi connectivity index (χ2v) is 14.2. The van der Waals surface area contributed by atoms with Crippen LogP contribution in [0, 0.1) is 45.3 Å². The van der Waals surface area contributed by atoms with E-state index in [9.17, 15) is 24.6 Å². The maximum Gasteiger partial charge on any atom is 0.159 e. The predicted octanol–water partition coefficient (Wildman–Crippen LogP) is 5.46. The highest BCUT2D eigenvalue weighted by Gasteiger charge is 2.68. The van der Waals surface area contributed by atoms with Gasteiger partial charge in [0.05, 0.1) is 12.2 Å². The van der Waals surface area contributed by atoms with Gasteiger partial charge in [-0.05, 0) is 72.0 Å². The van der Waals surface area contributed by atoms with Crippen molar-refractivity contribution in [1.82, 2.24) is 0 Å². The van der Waals surface area contributed by atoms with Crippen molar-refractivity contribution in [3.05, 3.63) is 11.1 Å². The Morgan fingerprint density at radius 1 is 1.06 bits per heavy atom. The molecule has 0 heterocycles. The molecule has 2 N–H and O–H groups in total.